The zero-order chi connectivity index (χ0) is 14.3. The van der Waals surface area contributed by atoms with Crippen LogP contribution in [0.1, 0.15) is 10.4 Å². The number of hydrogen-bond acceptors (Lipinski definition) is 5. The topological polar surface area (TPSA) is 61.0 Å². The Labute approximate surface area is 128 Å². The molecule has 20 heavy (non-hydrogen) atoms. The smallest absolute Gasteiger partial charge is 0.231 e. The van der Waals surface area contributed by atoms with Gasteiger partial charge in [0.1, 0.15) is 16.9 Å². The Balaban J connectivity index is 2.13. The molecular formula is C14H12BrN3OS. The van der Waals surface area contributed by atoms with Crippen LogP contribution in [0.15, 0.2) is 29.0 Å². The van der Waals surface area contributed by atoms with Gasteiger partial charge >= 0.3 is 0 Å². The maximum absolute atomic E-state index is 5.93. The number of aromatic nitrogens is 2. The molecule has 102 valence electrons. The number of benzene rings is 1. The summed E-state index contributed by atoms with van der Waals surface area (Å²) in [5.74, 6) is 1.21. The molecule has 0 amide bonds. The maximum Gasteiger partial charge on any atom is 0.231 e. The number of halogens is 1. The first-order valence-corrected chi connectivity index (χ1v) is 7.61. The van der Waals surface area contributed by atoms with Crippen LogP contribution in [0, 0.1) is 13.8 Å². The van der Waals surface area contributed by atoms with Crippen molar-refractivity contribution in [3.8, 4) is 11.6 Å². The number of nitrogens with two attached hydrogens (primary N) is 1. The summed E-state index contributed by atoms with van der Waals surface area (Å²) in [5.41, 5.74) is 7.59. The fraction of sp³-hybridized carbons (Fsp3) is 0.143. The predicted molar refractivity (Wildman–Crippen MR) is 85.5 cm³/mol. The van der Waals surface area contributed by atoms with E-state index in [4.69, 9.17) is 10.5 Å². The van der Waals surface area contributed by atoms with E-state index in [2.05, 4.69) is 39.7 Å². The summed E-state index contributed by atoms with van der Waals surface area (Å²) in [6.07, 6.45) is 1.52. The fourth-order valence-corrected chi connectivity index (χ4v) is 3.24. The van der Waals surface area contributed by atoms with Crippen LogP contribution in [0.5, 0.6) is 11.6 Å². The lowest BCUT2D eigenvalue weighted by Gasteiger charge is -2.08. The van der Waals surface area contributed by atoms with Gasteiger partial charge in [0.2, 0.25) is 5.88 Å². The molecule has 2 aromatic heterocycles. The quantitative estimate of drug-likeness (QED) is 0.694. The Kier molecular flexibility index (Phi) is 3.35. The van der Waals surface area contributed by atoms with Gasteiger partial charge in [0.25, 0.3) is 0 Å². The molecule has 0 aliphatic heterocycles. The minimum absolute atomic E-state index is 0.558. The molecule has 0 bridgehead atoms. The number of nitrogens with zero attached hydrogens (tertiary/aromatic N) is 2. The average molecular weight is 350 g/mol. The molecule has 3 rings (SSSR count). The number of anilines is 1. The molecule has 4 nitrogen and oxygen atoms in total. The largest absolute Gasteiger partial charge is 0.437 e. The number of nitrogen functional groups attached to an aromatic ring is 1. The summed E-state index contributed by atoms with van der Waals surface area (Å²) in [6.45, 7) is 4.13. The van der Waals surface area contributed by atoms with Crippen LogP contribution in [0.25, 0.3) is 10.2 Å². The molecule has 3 aromatic rings. The zero-order valence-electron chi connectivity index (χ0n) is 11.0. The van der Waals surface area contributed by atoms with E-state index >= 15 is 0 Å². The monoisotopic (exact) mass is 349 g/mol. The van der Waals surface area contributed by atoms with E-state index in [1.165, 1.54) is 11.2 Å². The lowest BCUT2D eigenvalue weighted by molar-refractivity contribution is 0.465. The van der Waals surface area contributed by atoms with Gasteiger partial charge in [-0.2, -0.15) is 0 Å². The second kappa shape index (κ2) is 5.03. The third-order valence-electron chi connectivity index (χ3n) is 3.09. The second-order valence-corrected chi connectivity index (χ2v) is 6.49. The molecule has 0 radical (unpaired) electrons. The molecule has 0 fully saturated rings. The minimum Gasteiger partial charge on any atom is -0.437 e. The summed E-state index contributed by atoms with van der Waals surface area (Å²) < 4.78 is 6.76. The SMILES string of the molecule is Cc1sc2ncnc(Oc3cc(N)ccc3Br)c2c1C. The van der Waals surface area contributed by atoms with Gasteiger partial charge in [-0.3, -0.25) is 0 Å². The first-order chi connectivity index (χ1) is 9.56. The summed E-state index contributed by atoms with van der Waals surface area (Å²) >= 11 is 5.10. The molecule has 0 unspecified atom stereocenters. The normalized spacial score (nSPS) is 10.9. The van der Waals surface area contributed by atoms with Gasteiger partial charge in [-0.1, -0.05) is 0 Å². The summed E-state index contributed by atoms with van der Waals surface area (Å²) in [5, 5.41) is 0.962. The van der Waals surface area contributed by atoms with E-state index in [-0.39, 0.29) is 0 Å². The van der Waals surface area contributed by atoms with Crippen molar-refractivity contribution in [1.29, 1.82) is 0 Å². The van der Waals surface area contributed by atoms with Crippen molar-refractivity contribution in [3.63, 3.8) is 0 Å². The Bertz CT molecular complexity index is 800. The molecule has 6 heteroatoms. The van der Waals surface area contributed by atoms with Gasteiger partial charge in [-0.05, 0) is 47.5 Å². The van der Waals surface area contributed by atoms with Crippen LogP contribution in [-0.2, 0) is 0 Å². The Morgan fingerprint density at radius 3 is 2.85 bits per heavy atom. The third-order valence-corrected chi connectivity index (χ3v) is 4.86. The minimum atomic E-state index is 0.558. The van der Waals surface area contributed by atoms with Crippen molar-refractivity contribution >= 4 is 43.2 Å². The first kappa shape index (κ1) is 13.3. The number of thiophene rings is 1. The zero-order valence-corrected chi connectivity index (χ0v) is 13.4. The second-order valence-electron chi connectivity index (χ2n) is 4.43. The van der Waals surface area contributed by atoms with Gasteiger partial charge in [-0.25, -0.2) is 9.97 Å². The lowest BCUT2D eigenvalue weighted by Crippen LogP contribution is -1.93. The van der Waals surface area contributed by atoms with Crippen molar-refractivity contribution in [3.05, 3.63) is 39.4 Å². The lowest BCUT2D eigenvalue weighted by atomic mass is 10.2. The highest BCUT2D eigenvalue weighted by molar-refractivity contribution is 9.10. The highest BCUT2D eigenvalue weighted by atomic mass is 79.9. The molecule has 2 N–H and O–H groups in total. The van der Waals surface area contributed by atoms with Crippen molar-refractivity contribution in [2.24, 2.45) is 0 Å². The number of rotatable bonds is 2. The molecule has 2 heterocycles. The van der Waals surface area contributed by atoms with Crippen LogP contribution in [-0.4, -0.2) is 9.97 Å². The Hall–Kier alpha value is -1.66. The van der Waals surface area contributed by atoms with Crippen molar-refractivity contribution in [2.75, 3.05) is 5.73 Å². The van der Waals surface area contributed by atoms with Gasteiger partial charge < -0.3 is 10.5 Å². The highest BCUT2D eigenvalue weighted by Crippen LogP contribution is 2.37. The average Bonchev–Trinajstić information content (AvgIpc) is 2.71. The van der Waals surface area contributed by atoms with Crippen LogP contribution in [0.3, 0.4) is 0 Å². The van der Waals surface area contributed by atoms with Crippen molar-refractivity contribution in [2.45, 2.75) is 13.8 Å². The van der Waals surface area contributed by atoms with E-state index in [0.29, 0.717) is 17.3 Å². The number of fused-ring (bicyclic) bond motifs is 1. The number of aryl methyl sites for hydroxylation is 2. The summed E-state index contributed by atoms with van der Waals surface area (Å²) in [7, 11) is 0. The van der Waals surface area contributed by atoms with Crippen LogP contribution in [0.2, 0.25) is 0 Å². The molecule has 0 aliphatic carbocycles. The highest BCUT2D eigenvalue weighted by Gasteiger charge is 2.14. The van der Waals surface area contributed by atoms with Gasteiger partial charge in [0.15, 0.2) is 0 Å². The van der Waals surface area contributed by atoms with E-state index in [1.807, 2.05) is 12.1 Å². The van der Waals surface area contributed by atoms with Crippen LogP contribution in [0.4, 0.5) is 5.69 Å². The Morgan fingerprint density at radius 2 is 2.05 bits per heavy atom. The maximum atomic E-state index is 5.93. The standard InChI is InChI=1S/C14H12BrN3OS/c1-7-8(2)20-14-12(7)13(17-6-18-14)19-11-5-9(16)3-4-10(11)15/h3-6H,16H2,1-2H3. The van der Waals surface area contributed by atoms with Gasteiger partial charge in [0.05, 0.1) is 9.86 Å². The van der Waals surface area contributed by atoms with Crippen LogP contribution >= 0.6 is 27.3 Å². The molecule has 0 saturated heterocycles. The molecule has 0 spiro atoms. The summed E-state index contributed by atoms with van der Waals surface area (Å²) in [4.78, 5) is 10.7. The third kappa shape index (κ3) is 2.25. The predicted octanol–water partition coefficient (Wildman–Crippen LogP) is 4.45. The molecule has 0 aliphatic rings. The molecule has 0 atom stereocenters. The van der Waals surface area contributed by atoms with Gasteiger partial charge in [0, 0.05) is 16.6 Å². The van der Waals surface area contributed by atoms with E-state index < -0.39 is 0 Å². The molecular weight excluding hydrogens is 338 g/mol. The molecule has 1 aromatic carbocycles. The van der Waals surface area contributed by atoms with Crippen molar-refractivity contribution in [1.82, 2.24) is 9.97 Å². The molecule has 0 saturated carbocycles. The first-order valence-electron chi connectivity index (χ1n) is 6.00. The summed E-state index contributed by atoms with van der Waals surface area (Å²) in [6, 6.07) is 5.44. The Morgan fingerprint density at radius 1 is 1.25 bits per heavy atom. The van der Waals surface area contributed by atoms with E-state index in [1.54, 1.807) is 17.4 Å². The fourth-order valence-electron chi connectivity index (χ4n) is 1.93. The number of ether oxygens (including phenoxy) is 1. The van der Waals surface area contributed by atoms with Crippen LogP contribution < -0.4 is 10.5 Å². The number of hydrogen-bond donors (Lipinski definition) is 1. The van der Waals surface area contributed by atoms with E-state index in [9.17, 15) is 0 Å². The van der Waals surface area contributed by atoms with Gasteiger partial charge in [-0.15, -0.1) is 11.3 Å². The van der Waals surface area contributed by atoms with E-state index in [0.717, 1.165) is 20.3 Å². The van der Waals surface area contributed by atoms with Crippen molar-refractivity contribution < 1.29 is 4.74 Å².